The highest BCUT2D eigenvalue weighted by Gasteiger charge is 2.07. The van der Waals surface area contributed by atoms with Crippen LogP contribution in [0.15, 0.2) is 10.5 Å². The molecule has 0 saturated carbocycles. The Bertz CT molecular complexity index is 233. The van der Waals surface area contributed by atoms with Gasteiger partial charge in [0.25, 0.3) is 0 Å². The Morgan fingerprint density at radius 3 is 2.36 bits per heavy atom. The third-order valence-corrected chi connectivity index (χ3v) is 1.99. The Morgan fingerprint density at radius 1 is 1.45 bits per heavy atom. The van der Waals surface area contributed by atoms with Crippen LogP contribution in [0, 0.1) is 6.92 Å². The number of hydrogen-bond acceptors (Lipinski definition) is 1. The molecule has 0 N–H and O–H groups in total. The monoisotopic (exact) mass is 152 g/mol. The molecular formula is C10H16O. The zero-order valence-electron chi connectivity index (χ0n) is 7.77. The second-order valence-corrected chi connectivity index (χ2v) is 3.24. The van der Waals surface area contributed by atoms with Gasteiger partial charge in [0.2, 0.25) is 0 Å². The minimum Gasteiger partial charge on any atom is -0.466 e. The van der Waals surface area contributed by atoms with Crippen LogP contribution >= 0.6 is 0 Å². The molecule has 0 aliphatic rings. The molecule has 0 aromatic carbocycles. The average Bonchev–Trinajstić information content (AvgIpc) is 2.31. The zero-order chi connectivity index (χ0) is 8.43. The van der Waals surface area contributed by atoms with E-state index in [0.717, 1.165) is 17.9 Å². The number of hydrogen-bond donors (Lipinski definition) is 0. The maximum Gasteiger partial charge on any atom is 0.106 e. The van der Waals surface area contributed by atoms with Crippen molar-refractivity contribution in [1.82, 2.24) is 0 Å². The van der Waals surface area contributed by atoms with Crippen LogP contribution in [0.2, 0.25) is 0 Å². The average molecular weight is 152 g/mol. The molecule has 1 heteroatoms. The van der Waals surface area contributed by atoms with Crippen LogP contribution in [0.3, 0.4) is 0 Å². The summed E-state index contributed by atoms with van der Waals surface area (Å²) < 4.78 is 5.57. The molecule has 1 aromatic rings. The van der Waals surface area contributed by atoms with E-state index >= 15 is 0 Å². The van der Waals surface area contributed by atoms with E-state index in [1.807, 2.05) is 6.92 Å². The van der Waals surface area contributed by atoms with Crippen molar-refractivity contribution >= 4 is 0 Å². The molecule has 0 radical (unpaired) electrons. The summed E-state index contributed by atoms with van der Waals surface area (Å²) in [4.78, 5) is 0. The minimum absolute atomic E-state index is 0.508. The maximum atomic E-state index is 5.57. The minimum atomic E-state index is 0.508. The van der Waals surface area contributed by atoms with Crippen LogP contribution in [0.25, 0.3) is 0 Å². The van der Waals surface area contributed by atoms with Gasteiger partial charge < -0.3 is 4.42 Å². The molecule has 0 aliphatic heterocycles. The van der Waals surface area contributed by atoms with Crippen molar-refractivity contribution in [1.29, 1.82) is 0 Å². The van der Waals surface area contributed by atoms with Gasteiger partial charge in [-0.15, -0.1) is 0 Å². The number of aryl methyl sites for hydroxylation is 2. The van der Waals surface area contributed by atoms with Crippen LogP contribution in [0.4, 0.5) is 0 Å². The van der Waals surface area contributed by atoms with Crippen molar-refractivity contribution in [3.05, 3.63) is 23.2 Å². The number of rotatable bonds is 2. The molecule has 0 atom stereocenters. The standard InChI is InChI=1S/C10H16O/c1-5-9-6-10(7(2)3)11-8(9)4/h6-7H,5H2,1-4H3. The zero-order valence-corrected chi connectivity index (χ0v) is 7.77. The fraction of sp³-hybridized carbons (Fsp3) is 0.600. The van der Waals surface area contributed by atoms with Crippen LogP contribution in [-0.2, 0) is 6.42 Å². The summed E-state index contributed by atoms with van der Waals surface area (Å²) in [6.07, 6.45) is 1.07. The summed E-state index contributed by atoms with van der Waals surface area (Å²) in [5, 5.41) is 0. The van der Waals surface area contributed by atoms with Crippen molar-refractivity contribution < 1.29 is 4.42 Å². The molecule has 0 saturated heterocycles. The highest BCUT2D eigenvalue weighted by atomic mass is 16.3. The summed E-state index contributed by atoms with van der Waals surface area (Å²) in [5.74, 6) is 2.70. The summed E-state index contributed by atoms with van der Waals surface area (Å²) in [6.45, 7) is 8.49. The maximum absolute atomic E-state index is 5.57. The van der Waals surface area contributed by atoms with Gasteiger partial charge in [0.05, 0.1) is 0 Å². The van der Waals surface area contributed by atoms with Crippen molar-refractivity contribution in [3.8, 4) is 0 Å². The highest BCUT2D eigenvalue weighted by Crippen LogP contribution is 2.21. The summed E-state index contributed by atoms with van der Waals surface area (Å²) in [7, 11) is 0. The first-order chi connectivity index (χ1) is 5.15. The lowest BCUT2D eigenvalue weighted by Gasteiger charge is -1.96. The second kappa shape index (κ2) is 3.12. The molecule has 1 heterocycles. The van der Waals surface area contributed by atoms with E-state index in [-0.39, 0.29) is 0 Å². The SMILES string of the molecule is CCc1cc(C(C)C)oc1C. The molecule has 0 unspecified atom stereocenters. The predicted molar refractivity (Wildman–Crippen MR) is 46.9 cm³/mol. The summed E-state index contributed by atoms with van der Waals surface area (Å²) in [6, 6.07) is 2.17. The van der Waals surface area contributed by atoms with Crippen LogP contribution in [-0.4, -0.2) is 0 Å². The Balaban J connectivity index is 2.95. The Morgan fingerprint density at radius 2 is 2.09 bits per heavy atom. The van der Waals surface area contributed by atoms with E-state index in [0.29, 0.717) is 5.92 Å². The topological polar surface area (TPSA) is 13.1 Å². The van der Waals surface area contributed by atoms with Crippen LogP contribution < -0.4 is 0 Å². The second-order valence-electron chi connectivity index (χ2n) is 3.24. The van der Waals surface area contributed by atoms with E-state index in [9.17, 15) is 0 Å². The predicted octanol–water partition coefficient (Wildman–Crippen LogP) is 3.27. The van der Waals surface area contributed by atoms with Gasteiger partial charge in [0.1, 0.15) is 11.5 Å². The van der Waals surface area contributed by atoms with E-state index in [2.05, 4.69) is 26.8 Å². The van der Waals surface area contributed by atoms with E-state index < -0.39 is 0 Å². The molecular weight excluding hydrogens is 136 g/mol. The van der Waals surface area contributed by atoms with E-state index in [1.165, 1.54) is 5.56 Å². The van der Waals surface area contributed by atoms with Gasteiger partial charge >= 0.3 is 0 Å². The first-order valence-corrected chi connectivity index (χ1v) is 4.24. The van der Waals surface area contributed by atoms with Gasteiger partial charge in [-0.1, -0.05) is 20.8 Å². The first kappa shape index (κ1) is 8.38. The molecule has 62 valence electrons. The molecule has 0 aliphatic carbocycles. The quantitative estimate of drug-likeness (QED) is 0.634. The lowest BCUT2D eigenvalue weighted by Crippen LogP contribution is -1.80. The lowest BCUT2D eigenvalue weighted by molar-refractivity contribution is 0.461. The first-order valence-electron chi connectivity index (χ1n) is 4.24. The summed E-state index contributed by atoms with van der Waals surface area (Å²) >= 11 is 0. The molecule has 1 rings (SSSR count). The fourth-order valence-electron chi connectivity index (χ4n) is 1.18. The van der Waals surface area contributed by atoms with E-state index in [4.69, 9.17) is 4.42 Å². The third kappa shape index (κ3) is 1.65. The molecule has 0 bridgehead atoms. The van der Waals surface area contributed by atoms with Crippen molar-refractivity contribution in [3.63, 3.8) is 0 Å². The van der Waals surface area contributed by atoms with Crippen LogP contribution in [0.1, 0.15) is 43.8 Å². The highest BCUT2D eigenvalue weighted by molar-refractivity contribution is 5.22. The van der Waals surface area contributed by atoms with E-state index in [1.54, 1.807) is 0 Å². The molecule has 0 fully saturated rings. The number of furan rings is 1. The fourth-order valence-corrected chi connectivity index (χ4v) is 1.18. The largest absolute Gasteiger partial charge is 0.466 e. The van der Waals surface area contributed by atoms with Gasteiger partial charge in [0.15, 0.2) is 0 Å². The Hall–Kier alpha value is -0.720. The molecule has 1 aromatic heterocycles. The van der Waals surface area contributed by atoms with Gasteiger partial charge in [0, 0.05) is 5.92 Å². The van der Waals surface area contributed by atoms with Crippen molar-refractivity contribution in [2.45, 2.75) is 40.0 Å². The molecule has 0 spiro atoms. The van der Waals surface area contributed by atoms with Crippen molar-refractivity contribution in [2.75, 3.05) is 0 Å². The van der Waals surface area contributed by atoms with Gasteiger partial charge in [-0.3, -0.25) is 0 Å². The Labute approximate surface area is 68.4 Å². The molecule has 0 amide bonds. The smallest absolute Gasteiger partial charge is 0.106 e. The van der Waals surface area contributed by atoms with Gasteiger partial charge in [-0.2, -0.15) is 0 Å². The normalized spacial score (nSPS) is 11.0. The van der Waals surface area contributed by atoms with Crippen molar-refractivity contribution in [2.24, 2.45) is 0 Å². The van der Waals surface area contributed by atoms with Gasteiger partial charge in [-0.25, -0.2) is 0 Å². The van der Waals surface area contributed by atoms with Gasteiger partial charge in [-0.05, 0) is 25.0 Å². The molecule has 1 nitrogen and oxygen atoms in total. The summed E-state index contributed by atoms with van der Waals surface area (Å²) in [5.41, 5.74) is 1.34. The third-order valence-electron chi connectivity index (χ3n) is 1.99. The van der Waals surface area contributed by atoms with Crippen LogP contribution in [0.5, 0.6) is 0 Å². The lowest BCUT2D eigenvalue weighted by atomic mass is 10.1. The Kier molecular flexibility index (Phi) is 2.38. The molecule has 11 heavy (non-hydrogen) atoms.